The van der Waals surface area contributed by atoms with E-state index in [1.165, 1.54) is 12.0 Å². The summed E-state index contributed by atoms with van der Waals surface area (Å²) < 4.78 is 11.2. The molecule has 1 heterocycles. The number of anilines is 2. The van der Waals surface area contributed by atoms with Crippen LogP contribution in [-0.4, -0.2) is 25.5 Å². The molecular formula is C26H24N2O4. The smallest absolute Gasteiger partial charge is 0.282 e. The molecule has 0 atom stereocenters. The standard InChI is InChI=1S/C26H24N2O4/c1-3-16-32-20-13-9-10-18(17-20)27-24-23(21-14-7-8-15-22(21)31-2)25(29)28(26(24)30)19-11-5-4-6-12-19/h4-15,17,27H,3,16H2,1-2H3. The van der Waals surface area contributed by atoms with Gasteiger partial charge in [-0.25, -0.2) is 4.90 Å². The van der Waals surface area contributed by atoms with E-state index in [0.29, 0.717) is 35.0 Å². The van der Waals surface area contributed by atoms with Crippen LogP contribution < -0.4 is 19.7 Å². The molecule has 0 aromatic heterocycles. The molecule has 1 aliphatic heterocycles. The summed E-state index contributed by atoms with van der Waals surface area (Å²) in [5.74, 6) is 0.361. The molecule has 1 aliphatic rings. The molecule has 0 aliphatic carbocycles. The van der Waals surface area contributed by atoms with Crippen LogP contribution in [0.2, 0.25) is 0 Å². The maximum atomic E-state index is 13.5. The Morgan fingerprint density at radius 2 is 1.62 bits per heavy atom. The third kappa shape index (κ3) is 4.07. The van der Waals surface area contributed by atoms with Crippen molar-refractivity contribution in [2.24, 2.45) is 0 Å². The number of rotatable bonds is 8. The molecule has 0 radical (unpaired) electrons. The van der Waals surface area contributed by atoms with E-state index >= 15 is 0 Å². The zero-order valence-corrected chi connectivity index (χ0v) is 18.0. The zero-order chi connectivity index (χ0) is 22.5. The van der Waals surface area contributed by atoms with Gasteiger partial charge in [0.2, 0.25) is 0 Å². The summed E-state index contributed by atoms with van der Waals surface area (Å²) in [5, 5.41) is 3.17. The van der Waals surface area contributed by atoms with Gasteiger partial charge in [-0.05, 0) is 36.8 Å². The second-order valence-corrected chi connectivity index (χ2v) is 7.23. The molecule has 2 amide bonds. The largest absolute Gasteiger partial charge is 0.496 e. The van der Waals surface area contributed by atoms with Crippen molar-refractivity contribution in [2.45, 2.75) is 13.3 Å². The van der Waals surface area contributed by atoms with Gasteiger partial charge in [0.05, 0.1) is 25.0 Å². The van der Waals surface area contributed by atoms with E-state index in [1.807, 2.05) is 49.4 Å². The van der Waals surface area contributed by atoms with Gasteiger partial charge in [-0.15, -0.1) is 0 Å². The Morgan fingerprint density at radius 3 is 2.38 bits per heavy atom. The highest BCUT2D eigenvalue weighted by atomic mass is 16.5. The summed E-state index contributed by atoms with van der Waals surface area (Å²) in [6, 6.07) is 23.4. The molecule has 162 valence electrons. The summed E-state index contributed by atoms with van der Waals surface area (Å²) in [4.78, 5) is 28.2. The summed E-state index contributed by atoms with van der Waals surface area (Å²) in [6.45, 7) is 2.63. The predicted octanol–water partition coefficient (Wildman–Crippen LogP) is 4.88. The Balaban J connectivity index is 1.80. The molecule has 32 heavy (non-hydrogen) atoms. The number of hydrogen-bond acceptors (Lipinski definition) is 5. The molecule has 4 rings (SSSR count). The first kappa shape index (κ1) is 21.2. The fourth-order valence-corrected chi connectivity index (χ4v) is 3.59. The average Bonchev–Trinajstić information content (AvgIpc) is 3.07. The Kier molecular flexibility index (Phi) is 6.22. The SMILES string of the molecule is CCCOc1cccc(NC2=C(c3ccccc3OC)C(=O)N(c3ccccc3)C2=O)c1. The van der Waals surface area contributed by atoms with E-state index in [0.717, 1.165) is 6.42 Å². The number of para-hydroxylation sites is 2. The highest BCUT2D eigenvalue weighted by Crippen LogP contribution is 2.37. The number of hydrogen-bond donors (Lipinski definition) is 1. The van der Waals surface area contributed by atoms with Crippen molar-refractivity contribution in [1.29, 1.82) is 0 Å². The van der Waals surface area contributed by atoms with E-state index in [2.05, 4.69) is 5.32 Å². The number of ether oxygens (including phenoxy) is 2. The van der Waals surface area contributed by atoms with Gasteiger partial charge in [-0.2, -0.15) is 0 Å². The van der Waals surface area contributed by atoms with Crippen LogP contribution in [0.3, 0.4) is 0 Å². The van der Waals surface area contributed by atoms with Crippen molar-refractivity contribution >= 4 is 28.8 Å². The average molecular weight is 428 g/mol. The van der Waals surface area contributed by atoms with Gasteiger partial charge in [0.1, 0.15) is 17.2 Å². The van der Waals surface area contributed by atoms with Crippen LogP contribution >= 0.6 is 0 Å². The number of benzene rings is 3. The van der Waals surface area contributed by atoms with Gasteiger partial charge in [-0.1, -0.05) is 49.4 Å². The summed E-state index contributed by atoms with van der Waals surface area (Å²) in [6.07, 6.45) is 0.889. The monoisotopic (exact) mass is 428 g/mol. The maximum Gasteiger partial charge on any atom is 0.282 e. The highest BCUT2D eigenvalue weighted by molar-refractivity contribution is 6.46. The number of carbonyl (C=O) groups excluding carboxylic acids is 2. The second-order valence-electron chi connectivity index (χ2n) is 7.23. The van der Waals surface area contributed by atoms with Gasteiger partial charge in [0, 0.05) is 17.3 Å². The molecule has 0 saturated heterocycles. The Labute approximate surface area is 187 Å². The number of amides is 2. The lowest BCUT2D eigenvalue weighted by Gasteiger charge is -2.15. The van der Waals surface area contributed by atoms with Crippen LogP contribution in [0.1, 0.15) is 18.9 Å². The van der Waals surface area contributed by atoms with Gasteiger partial charge in [0.25, 0.3) is 11.8 Å². The summed E-state index contributed by atoms with van der Waals surface area (Å²) in [7, 11) is 1.54. The van der Waals surface area contributed by atoms with Crippen LogP contribution in [0.15, 0.2) is 84.6 Å². The van der Waals surface area contributed by atoms with Crippen molar-refractivity contribution in [3.05, 3.63) is 90.1 Å². The zero-order valence-electron chi connectivity index (χ0n) is 18.0. The first-order valence-electron chi connectivity index (χ1n) is 10.5. The van der Waals surface area contributed by atoms with Crippen molar-refractivity contribution < 1.29 is 19.1 Å². The molecular weight excluding hydrogens is 404 g/mol. The number of carbonyl (C=O) groups is 2. The number of nitrogens with one attached hydrogen (secondary N) is 1. The first-order chi connectivity index (χ1) is 15.6. The van der Waals surface area contributed by atoms with E-state index in [4.69, 9.17) is 9.47 Å². The van der Waals surface area contributed by atoms with Crippen molar-refractivity contribution in [3.8, 4) is 11.5 Å². The fraction of sp³-hybridized carbons (Fsp3) is 0.154. The molecule has 0 saturated carbocycles. The molecule has 6 nitrogen and oxygen atoms in total. The number of imide groups is 1. The molecule has 0 spiro atoms. The van der Waals surface area contributed by atoms with Gasteiger partial charge in [-0.3, -0.25) is 9.59 Å². The Bertz CT molecular complexity index is 1170. The van der Waals surface area contributed by atoms with Gasteiger partial charge < -0.3 is 14.8 Å². The highest BCUT2D eigenvalue weighted by Gasteiger charge is 2.41. The molecule has 3 aromatic carbocycles. The minimum atomic E-state index is -0.429. The molecule has 0 bridgehead atoms. The lowest BCUT2D eigenvalue weighted by molar-refractivity contribution is -0.120. The van der Waals surface area contributed by atoms with Crippen LogP contribution in [-0.2, 0) is 9.59 Å². The van der Waals surface area contributed by atoms with E-state index in [9.17, 15) is 9.59 Å². The molecule has 3 aromatic rings. The normalized spacial score (nSPS) is 13.5. The predicted molar refractivity (Wildman–Crippen MR) is 125 cm³/mol. The minimum Gasteiger partial charge on any atom is -0.496 e. The van der Waals surface area contributed by atoms with E-state index in [-0.39, 0.29) is 11.3 Å². The van der Waals surface area contributed by atoms with Crippen LogP contribution in [0.4, 0.5) is 11.4 Å². The van der Waals surface area contributed by atoms with Crippen LogP contribution in [0.5, 0.6) is 11.5 Å². The van der Waals surface area contributed by atoms with E-state index < -0.39 is 11.8 Å². The van der Waals surface area contributed by atoms with Gasteiger partial charge >= 0.3 is 0 Å². The maximum absolute atomic E-state index is 13.5. The first-order valence-corrected chi connectivity index (χ1v) is 10.5. The topological polar surface area (TPSA) is 67.9 Å². The minimum absolute atomic E-state index is 0.191. The summed E-state index contributed by atoms with van der Waals surface area (Å²) in [5.41, 5.74) is 2.16. The van der Waals surface area contributed by atoms with Crippen LogP contribution in [0.25, 0.3) is 5.57 Å². The van der Waals surface area contributed by atoms with Crippen LogP contribution in [0, 0.1) is 0 Å². The third-order valence-electron chi connectivity index (χ3n) is 5.05. The lowest BCUT2D eigenvalue weighted by atomic mass is 10.0. The molecule has 0 fully saturated rings. The number of methoxy groups -OCH3 is 1. The van der Waals surface area contributed by atoms with Crippen molar-refractivity contribution in [2.75, 3.05) is 23.9 Å². The molecule has 0 unspecified atom stereocenters. The van der Waals surface area contributed by atoms with Gasteiger partial charge in [0.15, 0.2) is 0 Å². The Hall–Kier alpha value is -4.06. The van der Waals surface area contributed by atoms with Crippen molar-refractivity contribution in [1.82, 2.24) is 0 Å². The molecule has 1 N–H and O–H groups in total. The second kappa shape index (κ2) is 9.39. The lowest BCUT2D eigenvalue weighted by Crippen LogP contribution is -2.32. The molecule has 6 heteroatoms. The summed E-state index contributed by atoms with van der Waals surface area (Å²) >= 11 is 0. The quantitative estimate of drug-likeness (QED) is 0.518. The Morgan fingerprint density at radius 1 is 0.875 bits per heavy atom. The third-order valence-corrected chi connectivity index (χ3v) is 5.05. The fourth-order valence-electron chi connectivity index (χ4n) is 3.59. The van der Waals surface area contributed by atoms with E-state index in [1.54, 1.807) is 36.4 Å². The van der Waals surface area contributed by atoms with Crippen molar-refractivity contribution in [3.63, 3.8) is 0 Å². The number of nitrogens with zero attached hydrogens (tertiary/aromatic N) is 1.